The minimum atomic E-state index is -1.79. The van der Waals surface area contributed by atoms with Gasteiger partial charge in [0.25, 0.3) is 0 Å². The number of guanidine groups is 1. The first-order chi connectivity index (χ1) is 10.2. The van der Waals surface area contributed by atoms with Crippen LogP contribution in [-0.4, -0.2) is 104 Å². The molecule has 0 bridgehead atoms. The highest BCUT2D eigenvalue weighted by molar-refractivity contribution is 5.83. The van der Waals surface area contributed by atoms with Gasteiger partial charge in [-0.05, 0) is 0 Å². The Morgan fingerprint density at radius 3 is 2.27 bits per heavy atom. The van der Waals surface area contributed by atoms with E-state index in [4.69, 9.17) is 36.4 Å². The summed E-state index contributed by atoms with van der Waals surface area (Å²) >= 11 is 0. The van der Waals surface area contributed by atoms with Crippen molar-refractivity contribution < 1.29 is 40.2 Å². The molecule has 1 heterocycles. The molecule has 0 aromatic carbocycles. The van der Waals surface area contributed by atoms with Crippen molar-refractivity contribution in [2.75, 3.05) is 26.2 Å². The van der Waals surface area contributed by atoms with Crippen LogP contribution in [0.5, 0.6) is 0 Å². The molecule has 0 unspecified atom stereocenters. The van der Waals surface area contributed by atoms with Crippen LogP contribution in [0.1, 0.15) is 0 Å². The van der Waals surface area contributed by atoms with E-state index in [0.717, 1.165) is 0 Å². The Morgan fingerprint density at radius 2 is 1.91 bits per heavy atom. The fourth-order valence-corrected chi connectivity index (χ4v) is 1.44. The van der Waals surface area contributed by atoms with E-state index in [1.165, 1.54) is 4.90 Å². The van der Waals surface area contributed by atoms with Crippen molar-refractivity contribution in [3.05, 3.63) is 0 Å². The molecule has 1 aliphatic heterocycles. The SMILES string of the molecule is NC1=NCCN1CC(=O)O.O=C[C@H](O)[C@@H](O)[C@H](O)[C@H](O)CO. The molecule has 0 amide bonds. The van der Waals surface area contributed by atoms with Gasteiger partial charge in [-0.25, -0.2) is 0 Å². The number of nitrogens with zero attached hydrogens (tertiary/aromatic N) is 2. The van der Waals surface area contributed by atoms with E-state index in [0.29, 0.717) is 19.0 Å². The lowest BCUT2D eigenvalue weighted by atomic mass is 10.0. The third-order valence-corrected chi connectivity index (χ3v) is 2.71. The maximum atomic E-state index is 10.1. The molecule has 128 valence electrons. The van der Waals surface area contributed by atoms with Gasteiger partial charge >= 0.3 is 5.97 Å². The van der Waals surface area contributed by atoms with E-state index in [9.17, 15) is 9.59 Å². The van der Waals surface area contributed by atoms with Crippen LogP contribution in [0.15, 0.2) is 4.99 Å². The zero-order valence-electron chi connectivity index (χ0n) is 11.7. The number of aliphatic imine (C=N–C) groups is 1. The monoisotopic (exact) mass is 323 g/mol. The highest BCUT2D eigenvalue weighted by atomic mass is 16.4. The molecular weight excluding hydrogens is 302 g/mol. The molecule has 11 nitrogen and oxygen atoms in total. The number of carboxylic acids is 1. The lowest BCUT2D eigenvalue weighted by Gasteiger charge is -2.22. The van der Waals surface area contributed by atoms with Crippen LogP contribution < -0.4 is 5.73 Å². The van der Waals surface area contributed by atoms with Crippen LogP contribution in [0.3, 0.4) is 0 Å². The molecule has 0 spiro atoms. The number of carbonyl (C=O) groups is 2. The molecule has 22 heavy (non-hydrogen) atoms. The van der Waals surface area contributed by atoms with E-state index in [1.807, 2.05) is 0 Å². The first-order valence-electron chi connectivity index (χ1n) is 6.29. The van der Waals surface area contributed by atoms with Crippen molar-refractivity contribution in [2.24, 2.45) is 10.7 Å². The van der Waals surface area contributed by atoms with Gasteiger partial charge in [0.05, 0.1) is 13.2 Å². The molecule has 4 atom stereocenters. The normalized spacial score (nSPS) is 19.3. The van der Waals surface area contributed by atoms with Gasteiger partial charge in [0, 0.05) is 6.54 Å². The summed E-state index contributed by atoms with van der Waals surface area (Å²) in [5.74, 6) is -0.539. The van der Waals surface area contributed by atoms with E-state index < -0.39 is 37.0 Å². The van der Waals surface area contributed by atoms with Gasteiger partial charge in [-0.2, -0.15) is 0 Å². The fraction of sp³-hybridized carbons (Fsp3) is 0.727. The van der Waals surface area contributed by atoms with Crippen LogP contribution in [0.2, 0.25) is 0 Å². The highest BCUT2D eigenvalue weighted by Crippen LogP contribution is 2.02. The number of aliphatic hydroxyl groups is 5. The van der Waals surface area contributed by atoms with Crippen LogP contribution in [0.25, 0.3) is 0 Å². The van der Waals surface area contributed by atoms with Crippen LogP contribution in [-0.2, 0) is 9.59 Å². The molecule has 0 saturated heterocycles. The lowest BCUT2D eigenvalue weighted by Crippen LogP contribution is -2.46. The summed E-state index contributed by atoms with van der Waals surface area (Å²) in [5, 5.41) is 51.9. The number of rotatable bonds is 7. The Hall–Kier alpha value is -1.79. The quantitative estimate of drug-likeness (QED) is 0.223. The average Bonchev–Trinajstić information content (AvgIpc) is 2.89. The van der Waals surface area contributed by atoms with Crippen LogP contribution >= 0.6 is 0 Å². The smallest absolute Gasteiger partial charge is 0.323 e. The largest absolute Gasteiger partial charge is 0.480 e. The Morgan fingerprint density at radius 1 is 1.32 bits per heavy atom. The molecular formula is C11H21N3O8. The Balaban J connectivity index is 0.000000406. The lowest BCUT2D eigenvalue weighted by molar-refractivity contribution is -0.137. The van der Waals surface area contributed by atoms with E-state index in [1.54, 1.807) is 0 Å². The summed E-state index contributed by atoms with van der Waals surface area (Å²) in [7, 11) is 0. The highest BCUT2D eigenvalue weighted by Gasteiger charge is 2.29. The summed E-state index contributed by atoms with van der Waals surface area (Å²) in [6, 6.07) is 0. The molecule has 0 saturated carbocycles. The second-order valence-electron chi connectivity index (χ2n) is 4.41. The zero-order valence-corrected chi connectivity index (χ0v) is 11.7. The maximum absolute atomic E-state index is 10.1. The van der Waals surface area contributed by atoms with Crippen LogP contribution in [0.4, 0.5) is 0 Å². The van der Waals surface area contributed by atoms with E-state index in [2.05, 4.69) is 4.99 Å². The Labute approximate surface area is 125 Å². The number of hydrogen-bond donors (Lipinski definition) is 7. The molecule has 11 heteroatoms. The molecule has 0 aromatic rings. The van der Waals surface area contributed by atoms with Gasteiger partial charge in [0.15, 0.2) is 12.2 Å². The second kappa shape index (κ2) is 10.0. The summed E-state index contributed by atoms with van der Waals surface area (Å²) < 4.78 is 0. The predicted octanol–water partition coefficient (Wildman–Crippen LogP) is -4.68. The standard InChI is InChI=1S/C6H12O6.C5H9N3O2/c7-1-3(9)5(11)6(12)4(10)2-8;6-5-7-1-2-8(5)3-4(9)10/h1,3-6,8-12H,2H2;1-3H2,(H2,6,7)(H,9,10)/t3-,4+,5+,6+;/m0./s1. The van der Waals surface area contributed by atoms with Crippen molar-refractivity contribution in [1.82, 2.24) is 4.90 Å². The van der Waals surface area contributed by atoms with Gasteiger partial charge in [-0.15, -0.1) is 0 Å². The summed E-state index contributed by atoms with van der Waals surface area (Å²) in [6.07, 6.45) is -6.84. The van der Waals surface area contributed by atoms with Gasteiger partial charge in [0.1, 0.15) is 31.0 Å². The molecule has 1 rings (SSSR count). The number of nitrogens with two attached hydrogens (primary N) is 1. The molecule has 0 fully saturated rings. The van der Waals surface area contributed by atoms with Gasteiger partial charge in [-0.3, -0.25) is 9.79 Å². The Bertz CT molecular complexity index is 392. The number of aldehydes is 1. The number of carboxylic acid groups (broad SMARTS) is 1. The van der Waals surface area contributed by atoms with Crippen molar-refractivity contribution in [3.63, 3.8) is 0 Å². The first kappa shape index (κ1) is 20.2. The van der Waals surface area contributed by atoms with Gasteiger partial charge < -0.3 is 46.1 Å². The minimum absolute atomic E-state index is 0.0258. The summed E-state index contributed by atoms with van der Waals surface area (Å²) in [6.45, 7) is 0.427. The molecule has 0 aromatic heterocycles. The van der Waals surface area contributed by atoms with Crippen molar-refractivity contribution in [1.29, 1.82) is 0 Å². The fourth-order valence-electron chi connectivity index (χ4n) is 1.44. The number of aliphatic hydroxyl groups excluding tert-OH is 5. The number of carbonyl (C=O) groups excluding carboxylic acids is 1. The van der Waals surface area contributed by atoms with Crippen LogP contribution in [0, 0.1) is 0 Å². The molecule has 1 aliphatic rings. The van der Waals surface area contributed by atoms with E-state index >= 15 is 0 Å². The number of hydrogen-bond acceptors (Lipinski definition) is 10. The van der Waals surface area contributed by atoms with Crippen molar-refractivity contribution in [3.8, 4) is 0 Å². The molecule has 0 radical (unpaired) electrons. The first-order valence-corrected chi connectivity index (χ1v) is 6.29. The van der Waals surface area contributed by atoms with Crippen molar-refractivity contribution >= 4 is 18.2 Å². The average molecular weight is 323 g/mol. The third kappa shape index (κ3) is 6.78. The summed E-state index contributed by atoms with van der Waals surface area (Å²) in [5.41, 5.74) is 5.34. The number of aliphatic carboxylic acids is 1. The Kier molecular flexibility index (Phi) is 9.21. The van der Waals surface area contributed by atoms with Gasteiger partial charge in [-0.1, -0.05) is 0 Å². The molecule has 0 aliphatic carbocycles. The zero-order chi connectivity index (χ0) is 17.3. The minimum Gasteiger partial charge on any atom is -0.480 e. The molecule has 8 N–H and O–H groups in total. The third-order valence-electron chi connectivity index (χ3n) is 2.71. The van der Waals surface area contributed by atoms with Gasteiger partial charge in [0.2, 0.25) is 0 Å². The van der Waals surface area contributed by atoms with Crippen molar-refractivity contribution in [2.45, 2.75) is 24.4 Å². The maximum Gasteiger partial charge on any atom is 0.323 e. The second-order valence-corrected chi connectivity index (χ2v) is 4.41. The predicted molar refractivity (Wildman–Crippen MR) is 72.9 cm³/mol. The topological polar surface area (TPSA) is 197 Å². The summed E-state index contributed by atoms with van der Waals surface area (Å²) in [4.78, 5) is 25.4. The van der Waals surface area contributed by atoms with E-state index in [-0.39, 0.29) is 12.8 Å².